The van der Waals surface area contributed by atoms with Crippen LogP contribution in [0.5, 0.6) is 0 Å². The van der Waals surface area contributed by atoms with Crippen molar-refractivity contribution in [2.45, 2.75) is 39.7 Å². The zero-order valence-electron chi connectivity index (χ0n) is 13.2. The van der Waals surface area contributed by atoms with E-state index in [1.54, 1.807) is 0 Å². The number of aromatic nitrogens is 4. The molecule has 0 spiro atoms. The monoisotopic (exact) mass is 307 g/mol. The maximum absolute atomic E-state index is 5.56. The minimum absolute atomic E-state index is 0.695. The zero-order valence-corrected chi connectivity index (χ0v) is 14.0. The number of aryl methyl sites for hydroxylation is 2. The van der Waals surface area contributed by atoms with E-state index in [2.05, 4.69) is 33.4 Å². The molecule has 1 aliphatic heterocycles. The Balaban J connectivity index is 1.92. The van der Waals surface area contributed by atoms with Crippen LogP contribution in [0.1, 0.15) is 32.4 Å². The molecule has 2 aromatic rings. The average Bonchev–Trinajstić information content (AvgIpc) is 3.11. The van der Waals surface area contributed by atoms with Crippen LogP contribution >= 0.6 is 12.2 Å². The fourth-order valence-electron chi connectivity index (χ4n) is 3.47. The second-order valence-electron chi connectivity index (χ2n) is 6.11. The maximum Gasteiger partial charge on any atom is 0.179 e. The summed E-state index contributed by atoms with van der Waals surface area (Å²) in [6, 6.07) is 0. The van der Waals surface area contributed by atoms with Crippen molar-refractivity contribution in [3.63, 3.8) is 0 Å². The number of hydrogen-bond donors (Lipinski definition) is 1. The fourth-order valence-corrected chi connectivity index (χ4v) is 3.73. The van der Waals surface area contributed by atoms with Gasteiger partial charge in [0.15, 0.2) is 10.4 Å². The molecule has 21 heavy (non-hydrogen) atoms. The van der Waals surface area contributed by atoms with Crippen LogP contribution in [0.3, 0.4) is 0 Å². The Bertz CT molecular complexity index is 680. The highest BCUT2D eigenvalue weighted by molar-refractivity contribution is 7.71. The predicted octanol–water partition coefficient (Wildman–Crippen LogP) is 2.73. The lowest BCUT2D eigenvalue weighted by atomic mass is 10.1. The number of nitrogens with zero attached hydrogens (tertiary/aromatic N) is 4. The highest BCUT2D eigenvalue weighted by Gasteiger charge is 2.23. The highest BCUT2D eigenvalue weighted by atomic mass is 32.1. The summed E-state index contributed by atoms with van der Waals surface area (Å²) in [7, 11) is 2.02. The molecule has 0 saturated carbocycles. The van der Waals surface area contributed by atoms with E-state index in [0.29, 0.717) is 5.92 Å². The van der Waals surface area contributed by atoms with Gasteiger partial charge >= 0.3 is 0 Å². The van der Waals surface area contributed by atoms with E-state index in [0.717, 1.165) is 47.6 Å². The number of H-pyrrole nitrogens is 1. The smallest absolute Gasteiger partial charge is 0.179 e. The lowest BCUT2D eigenvalue weighted by Gasteiger charge is -2.14. The van der Waals surface area contributed by atoms with Crippen LogP contribution in [0.2, 0.25) is 0 Å². The van der Waals surface area contributed by atoms with Gasteiger partial charge in [0, 0.05) is 20.1 Å². The van der Waals surface area contributed by atoms with Gasteiger partial charge in [-0.15, -0.1) is 0 Å². The Morgan fingerprint density at radius 1 is 1.38 bits per heavy atom. The first-order chi connectivity index (χ1) is 10.1. The van der Waals surface area contributed by atoms with Crippen LogP contribution in [-0.4, -0.2) is 43.9 Å². The van der Waals surface area contributed by atoms with Crippen LogP contribution in [0.15, 0.2) is 0 Å². The second-order valence-corrected chi connectivity index (χ2v) is 6.49. The van der Waals surface area contributed by atoms with E-state index in [1.165, 1.54) is 19.5 Å². The van der Waals surface area contributed by atoms with Crippen molar-refractivity contribution in [1.82, 2.24) is 24.2 Å². The van der Waals surface area contributed by atoms with Crippen LogP contribution in [0, 0.1) is 10.7 Å². The molecule has 0 radical (unpaired) electrons. The molecule has 1 fully saturated rings. The zero-order chi connectivity index (χ0) is 15.0. The van der Waals surface area contributed by atoms with Crippen molar-refractivity contribution < 1.29 is 0 Å². The Morgan fingerprint density at radius 3 is 2.86 bits per heavy atom. The number of nitrogens with one attached hydrogen (secondary N) is 1. The van der Waals surface area contributed by atoms with Gasteiger partial charge in [-0.25, -0.2) is 0 Å². The quantitative estimate of drug-likeness (QED) is 0.864. The third-order valence-electron chi connectivity index (χ3n) is 4.57. The van der Waals surface area contributed by atoms with E-state index in [1.807, 2.05) is 11.7 Å². The summed E-state index contributed by atoms with van der Waals surface area (Å²) >= 11 is 5.56. The minimum Gasteiger partial charge on any atom is -0.328 e. The summed E-state index contributed by atoms with van der Waals surface area (Å²) in [5.74, 6) is 0.695. The third kappa shape index (κ3) is 2.66. The summed E-state index contributed by atoms with van der Waals surface area (Å²) < 4.78 is 5.07. The van der Waals surface area contributed by atoms with Crippen molar-refractivity contribution in [2.24, 2.45) is 13.0 Å². The molecular weight excluding hydrogens is 282 g/mol. The van der Waals surface area contributed by atoms with Gasteiger partial charge in [0.25, 0.3) is 0 Å². The molecule has 5 nitrogen and oxygen atoms in total. The number of fused-ring (bicyclic) bond motifs is 1. The summed E-state index contributed by atoms with van der Waals surface area (Å²) in [4.78, 5) is 5.90. The van der Waals surface area contributed by atoms with Crippen molar-refractivity contribution in [1.29, 1.82) is 0 Å². The van der Waals surface area contributed by atoms with Gasteiger partial charge in [0.05, 0.1) is 5.69 Å². The van der Waals surface area contributed by atoms with E-state index >= 15 is 0 Å². The Hall–Kier alpha value is -1.14. The van der Waals surface area contributed by atoms with Crippen molar-refractivity contribution in [2.75, 3.05) is 19.6 Å². The number of likely N-dealkylation sites (tertiary alicyclic amines) is 1. The second kappa shape index (κ2) is 5.93. The van der Waals surface area contributed by atoms with Crippen molar-refractivity contribution >= 4 is 23.4 Å². The highest BCUT2D eigenvalue weighted by Crippen LogP contribution is 2.23. The van der Waals surface area contributed by atoms with E-state index < -0.39 is 0 Å². The van der Waals surface area contributed by atoms with Gasteiger partial charge in [0.1, 0.15) is 5.52 Å². The van der Waals surface area contributed by atoms with Crippen molar-refractivity contribution in [3.8, 4) is 0 Å². The van der Waals surface area contributed by atoms with Gasteiger partial charge in [-0.05, 0) is 44.1 Å². The van der Waals surface area contributed by atoms with E-state index in [9.17, 15) is 0 Å². The SMILES string of the molecule is CCCc1nn(C)c2c1[nH]c(=S)n2CC1CCN(CC)C1. The van der Waals surface area contributed by atoms with E-state index in [4.69, 9.17) is 12.2 Å². The first-order valence-corrected chi connectivity index (χ1v) is 8.41. The largest absolute Gasteiger partial charge is 0.328 e. The van der Waals surface area contributed by atoms with Gasteiger partial charge in [-0.3, -0.25) is 4.68 Å². The first kappa shape index (κ1) is 14.8. The van der Waals surface area contributed by atoms with Crippen molar-refractivity contribution in [3.05, 3.63) is 10.5 Å². The molecule has 0 amide bonds. The van der Waals surface area contributed by atoms with Crippen LogP contribution in [0.4, 0.5) is 0 Å². The molecule has 2 aromatic heterocycles. The van der Waals surface area contributed by atoms with Crippen LogP contribution in [-0.2, 0) is 20.0 Å². The molecule has 0 bridgehead atoms. The van der Waals surface area contributed by atoms with Gasteiger partial charge in [-0.2, -0.15) is 5.10 Å². The predicted molar refractivity (Wildman–Crippen MR) is 88.1 cm³/mol. The molecule has 3 heterocycles. The molecule has 0 aliphatic carbocycles. The number of imidazole rings is 1. The molecule has 3 rings (SSSR count). The molecule has 1 aliphatic rings. The molecule has 116 valence electrons. The Kier molecular flexibility index (Phi) is 4.17. The third-order valence-corrected chi connectivity index (χ3v) is 4.89. The summed E-state index contributed by atoms with van der Waals surface area (Å²) in [5.41, 5.74) is 3.43. The molecule has 1 saturated heterocycles. The molecular formula is C15H25N5S. The van der Waals surface area contributed by atoms with Gasteiger partial charge in [-0.1, -0.05) is 20.3 Å². The lowest BCUT2D eigenvalue weighted by Crippen LogP contribution is -2.21. The topological polar surface area (TPSA) is 41.8 Å². The number of hydrogen-bond acceptors (Lipinski definition) is 3. The molecule has 0 aromatic carbocycles. The first-order valence-electron chi connectivity index (χ1n) is 8.00. The molecule has 1 unspecified atom stereocenters. The van der Waals surface area contributed by atoms with E-state index in [-0.39, 0.29) is 0 Å². The minimum atomic E-state index is 0.695. The maximum atomic E-state index is 5.56. The number of aromatic amines is 1. The average molecular weight is 307 g/mol. The van der Waals surface area contributed by atoms with Crippen LogP contribution < -0.4 is 0 Å². The lowest BCUT2D eigenvalue weighted by molar-refractivity contribution is 0.333. The molecule has 1 atom stereocenters. The summed E-state index contributed by atoms with van der Waals surface area (Å²) in [6.07, 6.45) is 3.37. The standard InChI is InChI=1S/C15H25N5S/c1-4-6-12-13-14(18(3)17-12)20(15(21)16-13)10-11-7-8-19(5-2)9-11/h11H,4-10H2,1-3H3,(H,16,21). The Morgan fingerprint density at radius 2 is 2.19 bits per heavy atom. The molecule has 1 N–H and O–H groups in total. The summed E-state index contributed by atoms with van der Waals surface area (Å²) in [5, 5.41) is 4.65. The number of rotatable bonds is 5. The summed E-state index contributed by atoms with van der Waals surface area (Å²) in [6.45, 7) is 8.97. The fraction of sp³-hybridized carbons (Fsp3) is 0.733. The van der Waals surface area contributed by atoms with Gasteiger partial charge in [0.2, 0.25) is 0 Å². The normalized spacial score (nSPS) is 19.9. The van der Waals surface area contributed by atoms with Gasteiger partial charge < -0.3 is 14.5 Å². The molecule has 6 heteroatoms. The van der Waals surface area contributed by atoms with Crippen LogP contribution in [0.25, 0.3) is 11.2 Å². The Labute approximate surface area is 130 Å².